The van der Waals surface area contributed by atoms with E-state index < -0.39 is 0 Å². The van der Waals surface area contributed by atoms with Crippen molar-refractivity contribution in [3.05, 3.63) is 20.8 Å². The van der Waals surface area contributed by atoms with Gasteiger partial charge in [-0.15, -0.1) is 11.3 Å². The second-order valence-electron chi connectivity index (χ2n) is 4.90. The number of nitrogens with zero attached hydrogens (tertiary/aromatic N) is 1. The number of halogens is 1. The molecule has 0 bridgehead atoms. The predicted molar refractivity (Wildman–Crippen MR) is 78.4 cm³/mol. The van der Waals surface area contributed by atoms with Crippen LogP contribution in [0.5, 0.6) is 0 Å². The zero-order valence-electron chi connectivity index (χ0n) is 10.4. The SMILES string of the molecule is CC(c1ccc(Br)s1)N1CCCC(CCN)C1. The van der Waals surface area contributed by atoms with Crippen LogP contribution in [0.1, 0.15) is 37.1 Å². The lowest BCUT2D eigenvalue weighted by atomic mass is 9.94. The fourth-order valence-corrected chi connectivity index (χ4v) is 4.16. The van der Waals surface area contributed by atoms with Crippen LogP contribution in [0.2, 0.25) is 0 Å². The Morgan fingerprint density at radius 1 is 1.59 bits per heavy atom. The third-order valence-electron chi connectivity index (χ3n) is 3.68. The number of rotatable bonds is 4. The fourth-order valence-electron chi connectivity index (χ4n) is 2.65. The topological polar surface area (TPSA) is 29.3 Å². The van der Waals surface area contributed by atoms with Crippen LogP contribution in [-0.2, 0) is 0 Å². The molecule has 1 saturated heterocycles. The van der Waals surface area contributed by atoms with E-state index in [9.17, 15) is 0 Å². The molecule has 2 nitrogen and oxygen atoms in total. The van der Waals surface area contributed by atoms with Gasteiger partial charge in [0.05, 0.1) is 3.79 Å². The molecule has 96 valence electrons. The number of hydrogen-bond donors (Lipinski definition) is 1. The summed E-state index contributed by atoms with van der Waals surface area (Å²) in [4.78, 5) is 4.08. The Balaban J connectivity index is 1.97. The Morgan fingerprint density at radius 2 is 2.41 bits per heavy atom. The van der Waals surface area contributed by atoms with Crippen molar-refractivity contribution >= 4 is 27.3 Å². The number of likely N-dealkylation sites (tertiary alicyclic amines) is 1. The van der Waals surface area contributed by atoms with Crippen LogP contribution in [0.4, 0.5) is 0 Å². The molecule has 1 aromatic rings. The quantitative estimate of drug-likeness (QED) is 0.919. The molecule has 0 radical (unpaired) electrons. The monoisotopic (exact) mass is 316 g/mol. The van der Waals surface area contributed by atoms with E-state index in [4.69, 9.17) is 5.73 Å². The third kappa shape index (κ3) is 3.53. The minimum absolute atomic E-state index is 0.548. The van der Waals surface area contributed by atoms with Gasteiger partial charge in [0.25, 0.3) is 0 Å². The molecule has 2 unspecified atom stereocenters. The maximum Gasteiger partial charge on any atom is 0.0701 e. The van der Waals surface area contributed by atoms with Crippen molar-refractivity contribution in [1.29, 1.82) is 0 Å². The molecule has 1 aliphatic heterocycles. The molecule has 0 amide bonds. The van der Waals surface area contributed by atoms with E-state index in [1.807, 2.05) is 11.3 Å². The third-order valence-corrected chi connectivity index (χ3v) is 5.47. The van der Waals surface area contributed by atoms with Crippen molar-refractivity contribution in [3.63, 3.8) is 0 Å². The fraction of sp³-hybridized carbons (Fsp3) is 0.692. The summed E-state index contributed by atoms with van der Waals surface area (Å²) in [6.07, 6.45) is 3.85. The van der Waals surface area contributed by atoms with Gasteiger partial charge in [-0.1, -0.05) is 0 Å². The van der Waals surface area contributed by atoms with Crippen LogP contribution in [0, 0.1) is 5.92 Å². The lowest BCUT2D eigenvalue weighted by molar-refractivity contribution is 0.130. The number of nitrogens with two attached hydrogens (primary N) is 1. The molecule has 0 aliphatic carbocycles. The minimum Gasteiger partial charge on any atom is -0.330 e. The van der Waals surface area contributed by atoms with Crippen LogP contribution in [0.15, 0.2) is 15.9 Å². The summed E-state index contributed by atoms with van der Waals surface area (Å²) in [5, 5.41) is 0. The lowest BCUT2D eigenvalue weighted by Gasteiger charge is -2.36. The average molecular weight is 317 g/mol. The molecular weight excluding hydrogens is 296 g/mol. The summed E-state index contributed by atoms with van der Waals surface area (Å²) in [5.74, 6) is 0.805. The molecule has 0 saturated carbocycles. The average Bonchev–Trinajstić information content (AvgIpc) is 2.76. The van der Waals surface area contributed by atoms with Gasteiger partial charge in [0, 0.05) is 17.5 Å². The highest BCUT2D eigenvalue weighted by molar-refractivity contribution is 9.11. The number of piperidine rings is 1. The minimum atomic E-state index is 0.548. The highest BCUT2D eigenvalue weighted by Crippen LogP contribution is 2.33. The molecule has 2 heterocycles. The van der Waals surface area contributed by atoms with Crippen LogP contribution in [-0.4, -0.2) is 24.5 Å². The Kier molecular flexibility index (Phi) is 5.03. The van der Waals surface area contributed by atoms with Gasteiger partial charge in [-0.25, -0.2) is 0 Å². The molecular formula is C13H21BrN2S. The van der Waals surface area contributed by atoms with Crippen LogP contribution < -0.4 is 5.73 Å². The molecule has 1 aliphatic rings. The number of thiophene rings is 1. The van der Waals surface area contributed by atoms with Crippen molar-refractivity contribution in [2.24, 2.45) is 11.7 Å². The second-order valence-corrected chi connectivity index (χ2v) is 7.39. The van der Waals surface area contributed by atoms with Gasteiger partial charge in [0.2, 0.25) is 0 Å². The molecule has 0 aromatic carbocycles. The first-order valence-electron chi connectivity index (χ1n) is 6.40. The summed E-state index contributed by atoms with van der Waals surface area (Å²) in [5.41, 5.74) is 5.67. The van der Waals surface area contributed by atoms with Gasteiger partial charge in [-0.2, -0.15) is 0 Å². The lowest BCUT2D eigenvalue weighted by Crippen LogP contribution is -2.37. The van der Waals surface area contributed by atoms with Gasteiger partial charge >= 0.3 is 0 Å². The summed E-state index contributed by atoms with van der Waals surface area (Å²) in [7, 11) is 0. The summed E-state index contributed by atoms with van der Waals surface area (Å²) >= 11 is 5.40. The largest absolute Gasteiger partial charge is 0.330 e. The van der Waals surface area contributed by atoms with E-state index in [0.717, 1.165) is 12.5 Å². The summed E-state index contributed by atoms with van der Waals surface area (Å²) in [6, 6.07) is 4.94. The van der Waals surface area contributed by atoms with Gasteiger partial charge < -0.3 is 5.73 Å². The highest BCUT2D eigenvalue weighted by Gasteiger charge is 2.24. The zero-order valence-corrected chi connectivity index (χ0v) is 12.8. The standard InChI is InChI=1S/C13H21BrN2S/c1-10(12-4-5-13(14)17-12)16-8-2-3-11(9-16)6-7-15/h4-5,10-11H,2-3,6-9,15H2,1H3. The molecule has 1 aromatic heterocycles. The summed E-state index contributed by atoms with van der Waals surface area (Å²) < 4.78 is 1.23. The summed E-state index contributed by atoms with van der Waals surface area (Å²) in [6.45, 7) is 5.60. The smallest absolute Gasteiger partial charge is 0.0701 e. The van der Waals surface area contributed by atoms with E-state index in [-0.39, 0.29) is 0 Å². The van der Waals surface area contributed by atoms with Gasteiger partial charge in [0.15, 0.2) is 0 Å². The second kappa shape index (κ2) is 6.32. The highest BCUT2D eigenvalue weighted by atomic mass is 79.9. The van der Waals surface area contributed by atoms with Crippen LogP contribution >= 0.6 is 27.3 Å². The van der Waals surface area contributed by atoms with Gasteiger partial charge in [-0.05, 0) is 73.3 Å². The first kappa shape index (κ1) is 13.5. The molecule has 17 heavy (non-hydrogen) atoms. The van der Waals surface area contributed by atoms with Crippen molar-refractivity contribution in [2.45, 2.75) is 32.2 Å². The number of hydrogen-bond acceptors (Lipinski definition) is 3. The maximum absolute atomic E-state index is 5.67. The Labute approximate surface area is 116 Å². The van der Waals surface area contributed by atoms with Gasteiger partial charge in [0.1, 0.15) is 0 Å². The van der Waals surface area contributed by atoms with Crippen LogP contribution in [0.3, 0.4) is 0 Å². The maximum atomic E-state index is 5.67. The molecule has 2 rings (SSSR count). The van der Waals surface area contributed by atoms with E-state index in [1.165, 1.54) is 41.0 Å². The van der Waals surface area contributed by atoms with Gasteiger partial charge in [-0.3, -0.25) is 4.90 Å². The molecule has 4 heteroatoms. The van der Waals surface area contributed by atoms with Crippen LogP contribution in [0.25, 0.3) is 0 Å². The molecule has 0 spiro atoms. The van der Waals surface area contributed by atoms with E-state index >= 15 is 0 Å². The van der Waals surface area contributed by atoms with E-state index in [0.29, 0.717) is 6.04 Å². The molecule has 2 N–H and O–H groups in total. The Bertz CT molecular complexity index is 351. The Morgan fingerprint density at radius 3 is 3.06 bits per heavy atom. The zero-order chi connectivity index (χ0) is 12.3. The molecule has 2 atom stereocenters. The van der Waals surface area contributed by atoms with Crippen molar-refractivity contribution in [3.8, 4) is 0 Å². The predicted octanol–water partition coefficient (Wildman–Crippen LogP) is 3.63. The van der Waals surface area contributed by atoms with Crippen molar-refractivity contribution < 1.29 is 0 Å². The van der Waals surface area contributed by atoms with Crippen molar-refractivity contribution in [2.75, 3.05) is 19.6 Å². The Hall–Kier alpha value is 0.1000. The normalized spacial score (nSPS) is 23.8. The van der Waals surface area contributed by atoms with E-state index in [2.05, 4.69) is 39.9 Å². The van der Waals surface area contributed by atoms with E-state index in [1.54, 1.807) is 0 Å². The molecule has 1 fully saturated rings. The first-order valence-corrected chi connectivity index (χ1v) is 8.01. The first-order chi connectivity index (χ1) is 8.20. The van der Waals surface area contributed by atoms with Crippen molar-refractivity contribution in [1.82, 2.24) is 4.90 Å².